The van der Waals surface area contributed by atoms with Gasteiger partial charge in [0.15, 0.2) is 5.16 Å². The van der Waals surface area contributed by atoms with Gasteiger partial charge in [0.2, 0.25) is 5.91 Å². The van der Waals surface area contributed by atoms with E-state index in [9.17, 15) is 4.79 Å². The lowest BCUT2D eigenvalue weighted by Gasteiger charge is -2.28. The predicted octanol–water partition coefficient (Wildman–Crippen LogP) is 3.19. The molecule has 0 bridgehead atoms. The van der Waals surface area contributed by atoms with Crippen LogP contribution < -0.4 is 0 Å². The van der Waals surface area contributed by atoms with Crippen LogP contribution in [-0.2, 0) is 35.5 Å². The Hall–Kier alpha value is -2.64. The lowest BCUT2D eigenvalue weighted by molar-refractivity contribution is -0.129. The van der Waals surface area contributed by atoms with Crippen LogP contribution in [0.1, 0.15) is 22.5 Å². The summed E-state index contributed by atoms with van der Waals surface area (Å²) >= 11 is 1.45. The van der Waals surface area contributed by atoms with E-state index in [2.05, 4.69) is 45.1 Å². The summed E-state index contributed by atoms with van der Waals surface area (Å²) in [5, 5.41) is 9.53. The van der Waals surface area contributed by atoms with E-state index in [1.807, 2.05) is 29.2 Å². The van der Waals surface area contributed by atoms with Gasteiger partial charge < -0.3 is 14.2 Å². The lowest BCUT2D eigenvalue weighted by Crippen LogP contribution is -2.37. The Labute approximate surface area is 181 Å². The number of nitrogens with zero attached hydrogens (tertiary/aromatic N) is 4. The van der Waals surface area contributed by atoms with E-state index in [1.165, 1.54) is 28.5 Å². The topological polar surface area (TPSA) is 60.2 Å². The number of hydrogen-bond acceptors (Lipinski definition) is 5. The first-order chi connectivity index (χ1) is 14.7. The molecule has 0 saturated carbocycles. The van der Waals surface area contributed by atoms with Gasteiger partial charge in [-0.05, 0) is 23.1 Å². The summed E-state index contributed by atoms with van der Waals surface area (Å²) in [7, 11) is 1.69. The number of methoxy groups -OCH3 is 1. The van der Waals surface area contributed by atoms with Gasteiger partial charge >= 0.3 is 0 Å². The number of benzene rings is 2. The van der Waals surface area contributed by atoms with Gasteiger partial charge in [0, 0.05) is 33.2 Å². The molecular weight excluding hydrogens is 396 g/mol. The summed E-state index contributed by atoms with van der Waals surface area (Å²) in [5.74, 6) is 1.39. The van der Waals surface area contributed by atoms with E-state index < -0.39 is 0 Å². The molecule has 3 aromatic rings. The molecule has 0 unspecified atom stereocenters. The highest BCUT2D eigenvalue weighted by Crippen LogP contribution is 2.22. The number of hydrogen-bond donors (Lipinski definition) is 0. The molecule has 0 radical (unpaired) electrons. The molecule has 2 heterocycles. The fourth-order valence-corrected chi connectivity index (χ4v) is 4.55. The number of fused-ring (bicyclic) bond motifs is 1. The standard InChI is InChI=1S/C23H26N4O2S/c1-29-14-13-27-21(15-18-7-3-2-4-8-18)24-25-23(27)30-17-22(28)26-12-11-19-9-5-6-10-20(19)16-26/h2-10H,11-17H2,1H3. The van der Waals surface area contributed by atoms with Gasteiger partial charge in [0.05, 0.1) is 12.4 Å². The first-order valence-corrected chi connectivity index (χ1v) is 11.2. The molecule has 0 spiro atoms. The lowest BCUT2D eigenvalue weighted by atomic mass is 10.00. The molecule has 1 aromatic heterocycles. The fraction of sp³-hybridized carbons (Fsp3) is 0.348. The predicted molar refractivity (Wildman–Crippen MR) is 117 cm³/mol. The number of rotatable bonds is 8. The molecule has 30 heavy (non-hydrogen) atoms. The Kier molecular flexibility index (Phi) is 6.81. The highest BCUT2D eigenvalue weighted by Gasteiger charge is 2.21. The zero-order valence-corrected chi connectivity index (χ0v) is 18.0. The number of ether oxygens (including phenoxy) is 1. The van der Waals surface area contributed by atoms with Gasteiger partial charge in [-0.1, -0.05) is 66.4 Å². The molecule has 2 aromatic carbocycles. The number of carbonyl (C=O) groups excluding carboxylic acids is 1. The second kappa shape index (κ2) is 9.91. The molecule has 0 N–H and O–H groups in total. The molecule has 1 aliphatic rings. The molecular formula is C23H26N4O2S. The second-order valence-electron chi connectivity index (χ2n) is 7.33. The minimum Gasteiger partial charge on any atom is -0.383 e. The van der Waals surface area contributed by atoms with Crippen LogP contribution in [0.15, 0.2) is 59.8 Å². The quantitative estimate of drug-likeness (QED) is 0.522. The fourth-order valence-electron chi connectivity index (χ4n) is 3.67. The highest BCUT2D eigenvalue weighted by molar-refractivity contribution is 7.99. The maximum Gasteiger partial charge on any atom is 0.233 e. The average molecular weight is 423 g/mol. The van der Waals surface area contributed by atoms with Crippen LogP contribution in [0.4, 0.5) is 0 Å². The number of aromatic nitrogens is 3. The average Bonchev–Trinajstić information content (AvgIpc) is 3.17. The second-order valence-corrected chi connectivity index (χ2v) is 8.27. The zero-order chi connectivity index (χ0) is 20.8. The van der Waals surface area contributed by atoms with Gasteiger partial charge in [-0.3, -0.25) is 4.79 Å². The van der Waals surface area contributed by atoms with Crippen molar-refractivity contribution in [2.24, 2.45) is 0 Å². The van der Waals surface area contributed by atoms with Crippen molar-refractivity contribution >= 4 is 17.7 Å². The Balaban J connectivity index is 1.42. The summed E-state index contributed by atoms with van der Waals surface area (Å²) in [6.07, 6.45) is 1.62. The summed E-state index contributed by atoms with van der Waals surface area (Å²) in [6, 6.07) is 18.6. The Morgan fingerprint density at radius 3 is 2.63 bits per heavy atom. The first-order valence-electron chi connectivity index (χ1n) is 10.2. The normalized spacial score (nSPS) is 13.3. The van der Waals surface area contributed by atoms with Crippen molar-refractivity contribution in [2.45, 2.75) is 31.1 Å². The summed E-state index contributed by atoms with van der Waals surface area (Å²) in [4.78, 5) is 14.8. The molecule has 7 heteroatoms. The van der Waals surface area contributed by atoms with Gasteiger partial charge in [0.1, 0.15) is 5.82 Å². The van der Waals surface area contributed by atoms with Crippen LogP contribution in [0, 0.1) is 0 Å². The van der Waals surface area contributed by atoms with Crippen molar-refractivity contribution < 1.29 is 9.53 Å². The van der Waals surface area contributed by atoms with Crippen molar-refractivity contribution in [3.05, 3.63) is 77.1 Å². The van der Waals surface area contributed by atoms with Crippen LogP contribution in [0.25, 0.3) is 0 Å². The Bertz CT molecular complexity index is 990. The van der Waals surface area contributed by atoms with Crippen molar-refractivity contribution in [1.29, 1.82) is 0 Å². The molecule has 0 aliphatic carbocycles. The molecule has 0 atom stereocenters. The molecule has 156 valence electrons. The third-order valence-electron chi connectivity index (χ3n) is 5.33. The number of carbonyl (C=O) groups is 1. The van der Waals surface area contributed by atoms with E-state index in [1.54, 1.807) is 7.11 Å². The maximum absolute atomic E-state index is 12.8. The molecule has 1 amide bonds. The minimum absolute atomic E-state index is 0.139. The minimum atomic E-state index is 0.139. The van der Waals surface area contributed by atoms with Crippen LogP contribution in [0.5, 0.6) is 0 Å². The van der Waals surface area contributed by atoms with E-state index in [-0.39, 0.29) is 5.91 Å². The number of thioether (sulfide) groups is 1. The molecule has 4 rings (SSSR count). The largest absolute Gasteiger partial charge is 0.383 e. The van der Waals surface area contributed by atoms with Gasteiger partial charge in [-0.25, -0.2) is 0 Å². The van der Waals surface area contributed by atoms with Gasteiger partial charge in [-0.15, -0.1) is 10.2 Å². The maximum atomic E-state index is 12.8. The van der Waals surface area contributed by atoms with Crippen LogP contribution in [0.3, 0.4) is 0 Å². The Morgan fingerprint density at radius 2 is 1.83 bits per heavy atom. The number of amides is 1. The van der Waals surface area contributed by atoms with E-state index in [4.69, 9.17) is 4.74 Å². The molecule has 0 fully saturated rings. The van der Waals surface area contributed by atoms with E-state index >= 15 is 0 Å². The zero-order valence-electron chi connectivity index (χ0n) is 17.2. The summed E-state index contributed by atoms with van der Waals surface area (Å²) in [6.45, 7) is 2.70. The monoisotopic (exact) mass is 422 g/mol. The van der Waals surface area contributed by atoms with Crippen LogP contribution in [-0.4, -0.2) is 51.6 Å². The van der Waals surface area contributed by atoms with E-state index in [0.29, 0.717) is 31.9 Å². The molecule has 1 aliphatic heterocycles. The van der Waals surface area contributed by atoms with Crippen molar-refractivity contribution in [1.82, 2.24) is 19.7 Å². The third kappa shape index (κ3) is 4.91. The van der Waals surface area contributed by atoms with Crippen molar-refractivity contribution in [3.63, 3.8) is 0 Å². The smallest absolute Gasteiger partial charge is 0.233 e. The summed E-state index contributed by atoms with van der Waals surface area (Å²) in [5.41, 5.74) is 3.78. The third-order valence-corrected chi connectivity index (χ3v) is 6.28. The van der Waals surface area contributed by atoms with Gasteiger partial charge in [0.25, 0.3) is 0 Å². The van der Waals surface area contributed by atoms with Gasteiger partial charge in [-0.2, -0.15) is 0 Å². The molecule has 0 saturated heterocycles. The SMILES string of the molecule is COCCn1c(Cc2ccccc2)nnc1SCC(=O)N1CCc2ccccc2C1. The van der Waals surface area contributed by atoms with E-state index in [0.717, 1.165) is 23.9 Å². The van der Waals surface area contributed by atoms with Crippen LogP contribution >= 0.6 is 11.8 Å². The highest BCUT2D eigenvalue weighted by atomic mass is 32.2. The first kappa shape index (κ1) is 20.6. The van der Waals surface area contributed by atoms with Crippen LogP contribution in [0.2, 0.25) is 0 Å². The van der Waals surface area contributed by atoms with Crippen molar-refractivity contribution in [2.75, 3.05) is 26.0 Å². The molecule has 6 nitrogen and oxygen atoms in total. The summed E-state index contributed by atoms with van der Waals surface area (Å²) < 4.78 is 7.34. The Morgan fingerprint density at radius 1 is 1.07 bits per heavy atom. The van der Waals surface area contributed by atoms with Crippen molar-refractivity contribution in [3.8, 4) is 0 Å².